The molecule has 1 aromatic rings. The maximum absolute atomic E-state index is 11.5. The Balaban J connectivity index is 2.37. The standard InChI is InChI=1S/C12H18N4O2/c1-14-11(17)5-6-15-12(18)16-10-4-2-3-9(7-10)8-13/h2-4,7H,5-6,8,13H2,1H3,(H,14,17)(H2,15,16,18). The van der Waals surface area contributed by atoms with Crippen LogP contribution in [-0.4, -0.2) is 25.5 Å². The van der Waals surface area contributed by atoms with E-state index >= 15 is 0 Å². The molecule has 6 nitrogen and oxygen atoms in total. The van der Waals surface area contributed by atoms with E-state index in [0.29, 0.717) is 18.8 Å². The molecule has 0 saturated carbocycles. The molecular weight excluding hydrogens is 232 g/mol. The molecule has 0 fully saturated rings. The van der Waals surface area contributed by atoms with Gasteiger partial charge in [-0.1, -0.05) is 12.1 Å². The highest BCUT2D eigenvalue weighted by atomic mass is 16.2. The minimum Gasteiger partial charge on any atom is -0.359 e. The monoisotopic (exact) mass is 250 g/mol. The van der Waals surface area contributed by atoms with E-state index in [1.54, 1.807) is 19.2 Å². The van der Waals surface area contributed by atoms with Gasteiger partial charge in [0.15, 0.2) is 0 Å². The van der Waals surface area contributed by atoms with Gasteiger partial charge in [0.1, 0.15) is 0 Å². The smallest absolute Gasteiger partial charge is 0.319 e. The summed E-state index contributed by atoms with van der Waals surface area (Å²) < 4.78 is 0. The van der Waals surface area contributed by atoms with Crippen LogP contribution in [0.4, 0.5) is 10.5 Å². The Morgan fingerprint density at radius 1 is 1.33 bits per heavy atom. The molecule has 0 atom stereocenters. The van der Waals surface area contributed by atoms with Gasteiger partial charge in [-0.3, -0.25) is 4.79 Å². The number of hydrogen-bond donors (Lipinski definition) is 4. The summed E-state index contributed by atoms with van der Waals surface area (Å²) in [6, 6.07) is 6.94. The molecule has 0 radical (unpaired) electrons. The first-order valence-corrected chi connectivity index (χ1v) is 5.70. The van der Waals surface area contributed by atoms with E-state index in [2.05, 4.69) is 16.0 Å². The van der Waals surface area contributed by atoms with E-state index < -0.39 is 0 Å². The Bertz CT molecular complexity index is 420. The van der Waals surface area contributed by atoms with Gasteiger partial charge in [0.25, 0.3) is 0 Å². The van der Waals surface area contributed by atoms with Crippen molar-refractivity contribution in [3.8, 4) is 0 Å². The second kappa shape index (κ2) is 7.29. The van der Waals surface area contributed by atoms with Crippen LogP contribution in [-0.2, 0) is 11.3 Å². The molecule has 0 aliphatic heterocycles. The molecule has 0 saturated heterocycles. The lowest BCUT2D eigenvalue weighted by molar-refractivity contribution is -0.120. The van der Waals surface area contributed by atoms with Crippen molar-refractivity contribution in [3.05, 3.63) is 29.8 Å². The van der Waals surface area contributed by atoms with Gasteiger partial charge in [-0.2, -0.15) is 0 Å². The van der Waals surface area contributed by atoms with E-state index in [9.17, 15) is 9.59 Å². The van der Waals surface area contributed by atoms with Crippen LogP contribution in [0.5, 0.6) is 0 Å². The summed E-state index contributed by atoms with van der Waals surface area (Å²) >= 11 is 0. The number of hydrogen-bond acceptors (Lipinski definition) is 3. The maximum Gasteiger partial charge on any atom is 0.319 e. The molecule has 18 heavy (non-hydrogen) atoms. The van der Waals surface area contributed by atoms with Crippen LogP contribution in [0, 0.1) is 0 Å². The Hall–Kier alpha value is -2.08. The predicted molar refractivity (Wildman–Crippen MR) is 70.0 cm³/mol. The van der Waals surface area contributed by atoms with Crippen LogP contribution in [0.3, 0.4) is 0 Å². The van der Waals surface area contributed by atoms with Crippen LogP contribution < -0.4 is 21.7 Å². The van der Waals surface area contributed by atoms with E-state index in [1.165, 1.54) is 0 Å². The number of carbonyl (C=O) groups is 2. The number of benzene rings is 1. The van der Waals surface area contributed by atoms with E-state index in [4.69, 9.17) is 5.73 Å². The van der Waals surface area contributed by atoms with E-state index in [-0.39, 0.29) is 18.4 Å². The lowest BCUT2D eigenvalue weighted by Gasteiger charge is -2.08. The molecule has 98 valence electrons. The van der Waals surface area contributed by atoms with Gasteiger partial charge < -0.3 is 21.7 Å². The van der Waals surface area contributed by atoms with Crippen LogP contribution in [0.15, 0.2) is 24.3 Å². The number of anilines is 1. The van der Waals surface area contributed by atoms with Crippen molar-refractivity contribution in [1.82, 2.24) is 10.6 Å². The zero-order valence-electron chi connectivity index (χ0n) is 10.3. The van der Waals surface area contributed by atoms with Crippen molar-refractivity contribution in [2.24, 2.45) is 5.73 Å². The Kier molecular flexibility index (Phi) is 5.66. The number of nitrogens with two attached hydrogens (primary N) is 1. The van der Waals surface area contributed by atoms with Crippen LogP contribution in [0.25, 0.3) is 0 Å². The van der Waals surface area contributed by atoms with Crippen LogP contribution >= 0.6 is 0 Å². The normalized spacial score (nSPS) is 9.67. The summed E-state index contributed by atoms with van der Waals surface area (Å²) in [6.07, 6.45) is 0.257. The molecular formula is C12H18N4O2. The lowest BCUT2D eigenvalue weighted by Crippen LogP contribution is -2.32. The summed E-state index contributed by atoms with van der Waals surface area (Å²) in [6.45, 7) is 0.718. The highest BCUT2D eigenvalue weighted by Crippen LogP contribution is 2.09. The van der Waals surface area contributed by atoms with Gasteiger partial charge in [-0.25, -0.2) is 4.79 Å². The third-order valence-electron chi connectivity index (χ3n) is 2.34. The minimum atomic E-state index is -0.340. The van der Waals surface area contributed by atoms with Crippen molar-refractivity contribution in [2.45, 2.75) is 13.0 Å². The molecule has 0 aliphatic rings. The lowest BCUT2D eigenvalue weighted by atomic mass is 10.2. The van der Waals surface area contributed by atoms with Gasteiger partial charge in [-0.05, 0) is 17.7 Å². The molecule has 6 heteroatoms. The van der Waals surface area contributed by atoms with Crippen molar-refractivity contribution in [3.63, 3.8) is 0 Å². The fourth-order valence-electron chi connectivity index (χ4n) is 1.37. The Labute approximate surface area is 106 Å². The first-order valence-electron chi connectivity index (χ1n) is 5.70. The maximum atomic E-state index is 11.5. The van der Waals surface area contributed by atoms with E-state index in [1.807, 2.05) is 12.1 Å². The quantitative estimate of drug-likeness (QED) is 0.609. The van der Waals surface area contributed by atoms with Crippen LogP contribution in [0.2, 0.25) is 0 Å². The average molecular weight is 250 g/mol. The molecule has 0 spiro atoms. The number of carbonyl (C=O) groups excluding carboxylic acids is 2. The van der Waals surface area contributed by atoms with Crippen molar-refractivity contribution in [2.75, 3.05) is 18.9 Å². The highest BCUT2D eigenvalue weighted by Gasteiger charge is 2.03. The Morgan fingerprint density at radius 2 is 2.11 bits per heavy atom. The average Bonchev–Trinajstić information content (AvgIpc) is 2.38. The molecule has 1 rings (SSSR count). The van der Waals surface area contributed by atoms with Gasteiger partial charge in [0.2, 0.25) is 5.91 Å². The fourth-order valence-corrected chi connectivity index (χ4v) is 1.37. The second-order valence-corrected chi connectivity index (χ2v) is 3.71. The molecule has 1 aromatic carbocycles. The summed E-state index contributed by atoms with van der Waals surface area (Å²) in [5.74, 6) is -0.111. The molecule has 0 unspecified atom stereocenters. The third kappa shape index (κ3) is 4.84. The molecule has 3 amide bonds. The summed E-state index contributed by atoms with van der Waals surface area (Å²) in [4.78, 5) is 22.4. The minimum absolute atomic E-state index is 0.111. The zero-order chi connectivity index (χ0) is 13.4. The molecule has 0 aromatic heterocycles. The number of amides is 3. The van der Waals surface area contributed by atoms with Crippen LogP contribution in [0.1, 0.15) is 12.0 Å². The number of rotatable bonds is 5. The number of nitrogens with one attached hydrogen (secondary N) is 3. The highest BCUT2D eigenvalue weighted by molar-refractivity contribution is 5.89. The van der Waals surface area contributed by atoms with Gasteiger partial charge in [0.05, 0.1) is 0 Å². The SMILES string of the molecule is CNC(=O)CCNC(=O)Nc1cccc(CN)c1. The Morgan fingerprint density at radius 3 is 2.78 bits per heavy atom. The van der Waals surface area contributed by atoms with Gasteiger partial charge in [0, 0.05) is 32.2 Å². The van der Waals surface area contributed by atoms with E-state index in [0.717, 1.165) is 5.56 Å². The first-order chi connectivity index (χ1) is 8.65. The fraction of sp³-hybridized carbons (Fsp3) is 0.333. The largest absolute Gasteiger partial charge is 0.359 e. The summed E-state index contributed by atoms with van der Waals surface area (Å²) in [5, 5.41) is 7.74. The topological polar surface area (TPSA) is 96.2 Å². The van der Waals surface area contributed by atoms with Gasteiger partial charge >= 0.3 is 6.03 Å². The summed E-state index contributed by atoms with van der Waals surface area (Å²) in [7, 11) is 1.56. The molecule has 5 N–H and O–H groups in total. The number of urea groups is 1. The third-order valence-corrected chi connectivity index (χ3v) is 2.34. The van der Waals surface area contributed by atoms with Crippen molar-refractivity contribution < 1.29 is 9.59 Å². The predicted octanol–water partition coefficient (Wildman–Crippen LogP) is 0.403. The molecule has 0 aliphatic carbocycles. The molecule has 0 heterocycles. The summed E-state index contributed by atoms with van der Waals surface area (Å²) in [5.41, 5.74) is 7.12. The van der Waals surface area contributed by atoms with Crippen molar-refractivity contribution >= 4 is 17.6 Å². The second-order valence-electron chi connectivity index (χ2n) is 3.71. The molecule has 0 bridgehead atoms. The van der Waals surface area contributed by atoms with Gasteiger partial charge in [-0.15, -0.1) is 0 Å². The van der Waals surface area contributed by atoms with Crippen molar-refractivity contribution in [1.29, 1.82) is 0 Å². The zero-order valence-corrected chi connectivity index (χ0v) is 10.3. The first kappa shape index (κ1) is 14.0.